The number of fused-ring (bicyclic) bond motifs is 1. The second-order valence-electron chi connectivity index (χ2n) is 2.77. The van der Waals surface area contributed by atoms with Crippen molar-refractivity contribution in [2.75, 3.05) is 7.11 Å². The minimum atomic E-state index is -4.44. The van der Waals surface area contributed by atoms with Gasteiger partial charge in [0.1, 0.15) is 5.69 Å². The van der Waals surface area contributed by atoms with Crippen molar-refractivity contribution >= 4 is 5.65 Å². The fourth-order valence-corrected chi connectivity index (χ4v) is 1.25. The zero-order valence-corrected chi connectivity index (χ0v) is 9.78. The number of aromatic nitrogens is 3. The molecule has 0 radical (unpaired) electrons. The fraction of sp³-hybridized carbons (Fsp3) is 0.250. The summed E-state index contributed by atoms with van der Waals surface area (Å²) in [6.07, 6.45) is -1.28. The second-order valence-corrected chi connectivity index (χ2v) is 2.77. The number of rotatable bonds is 1. The van der Waals surface area contributed by atoms with Crippen molar-refractivity contribution in [2.24, 2.45) is 0 Å². The Kier molecular flexibility index (Phi) is 4.49. The summed E-state index contributed by atoms with van der Waals surface area (Å²) in [6, 6.07) is 0. The number of hydrogen-bond donors (Lipinski definition) is 0. The summed E-state index contributed by atoms with van der Waals surface area (Å²) in [7, 11) is 1.32. The molecule has 4 nitrogen and oxygen atoms in total. The van der Waals surface area contributed by atoms with Gasteiger partial charge in [-0.3, -0.25) is 4.40 Å². The Balaban J connectivity index is 0.000000686. The molecule has 0 N–H and O–H groups in total. The number of imidazole rings is 1. The van der Waals surface area contributed by atoms with Crippen LogP contribution in [0.15, 0.2) is 18.6 Å². The normalized spacial score (nSPS) is 11.0. The van der Waals surface area contributed by atoms with E-state index in [-0.39, 0.29) is 11.5 Å². The van der Waals surface area contributed by atoms with Gasteiger partial charge in [-0.1, -0.05) is 0 Å². The zero-order chi connectivity index (χ0) is 13.1. The Morgan fingerprint density at radius 3 is 2.47 bits per heavy atom. The molecule has 17 heavy (non-hydrogen) atoms. The summed E-state index contributed by atoms with van der Waals surface area (Å²) in [5.74, 6) is 0.0630. The van der Waals surface area contributed by atoms with Gasteiger partial charge in [-0.2, -0.15) is 13.2 Å². The number of halogens is 4. The van der Waals surface area contributed by atoms with E-state index in [0.29, 0.717) is 0 Å². The standard InChI is InChI=1S/C8H6F3N3O.Ag.FH/c1-15-7-6-13-4-5(8(9,10)11)14(6)3-2-12-7;;/h2-4H,1H3;;1H/q;+1;/p-1. The number of hydrogen-bond acceptors (Lipinski definition) is 3. The van der Waals surface area contributed by atoms with E-state index in [1.54, 1.807) is 0 Å². The minimum absolute atomic E-state index is 0.0484. The van der Waals surface area contributed by atoms with Crippen LogP contribution in [0.3, 0.4) is 0 Å². The Hall–Kier alpha value is -1.12. The van der Waals surface area contributed by atoms with Crippen LogP contribution in [0.4, 0.5) is 16.2 Å². The SMILES string of the molecule is COc1nccn2c(C(F)(F)F)cnc12.[F][Ag]. The summed E-state index contributed by atoms with van der Waals surface area (Å²) in [4.78, 5) is 7.36. The Labute approximate surface area is 106 Å². The van der Waals surface area contributed by atoms with Gasteiger partial charge >= 0.3 is 30.8 Å². The van der Waals surface area contributed by atoms with Crippen LogP contribution in [0.1, 0.15) is 5.69 Å². The fourth-order valence-electron chi connectivity index (χ4n) is 1.25. The van der Waals surface area contributed by atoms with E-state index < -0.39 is 11.9 Å². The van der Waals surface area contributed by atoms with Gasteiger partial charge in [-0.25, -0.2) is 9.97 Å². The van der Waals surface area contributed by atoms with Gasteiger partial charge in [0.25, 0.3) is 5.88 Å². The second kappa shape index (κ2) is 5.48. The van der Waals surface area contributed by atoms with Crippen LogP contribution in [0.5, 0.6) is 5.88 Å². The summed E-state index contributed by atoms with van der Waals surface area (Å²) < 4.78 is 52.4. The Morgan fingerprint density at radius 2 is 1.94 bits per heavy atom. The molecule has 2 aromatic rings. The van der Waals surface area contributed by atoms with Gasteiger partial charge < -0.3 is 4.74 Å². The molecule has 0 fully saturated rings. The van der Waals surface area contributed by atoms with Crippen molar-refractivity contribution in [3.8, 4) is 5.88 Å². The third kappa shape index (κ3) is 2.76. The first-order chi connectivity index (χ1) is 8.04. The van der Waals surface area contributed by atoms with E-state index >= 15 is 0 Å². The van der Waals surface area contributed by atoms with Crippen molar-refractivity contribution in [1.82, 2.24) is 14.4 Å². The monoisotopic (exact) mass is 343 g/mol. The summed E-state index contributed by atoms with van der Waals surface area (Å²) in [5, 5.41) is 0. The molecule has 0 saturated heterocycles. The van der Waals surface area contributed by atoms with Crippen LogP contribution < -0.4 is 4.74 Å². The van der Waals surface area contributed by atoms with Crippen molar-refractivity contribution in [3.63, 3.8) is 0 Å². The molecular weight excluding hydrogens is 338 g/mol. The summed E-state index contributed by atoms with van der Waals surface area (Å²) >= 11 is 1.45. The first kappa shape index (κ1) is 13.9. The predicted octanol–water partition coefficient (Wildman–Crippen LogP) is 2.17. The van der Waals surface area contributed by atoms with Gasteiger partial charge in [-0.05, 0) is 0 Å². The molecular formula is C8H6AgF4N3O. The van der Waals surface area contributed by atoms with Crippen LogP contribution in [0, 0.1) is 0 Å². The molecule has 0 bridgehead atoms. The molecule has 0 aliphatic carbocycles. The summed E-state index contributed by atoms with van der Waals surface area (Å²) in [5.41, 5.74) is -0.800. The van der Waals surface area contributed by atoms with Gasteiger partial charge in [0, 0.05) is 12.4 Å². The Morgan fingerprint density at radius 1 is 1.29 bits per heavy atom. The molecule has 2 aromatic heterocycles. The van der Waals surface area contributed by atoms with E-state index in [1.807, 2.05) is 0 Å². The van der Waals surface area contributed by atoms with E-state index in [1.165, 1.54) is 41.1 Å². The third-order valence-electron chi connectivity index (χ3n) is 1.88. The Bertz CT molecular complexity index is 499. The number of methoxy groups -OCH3 is 1. The molecule has 0 atom stereocenters. The number of ether oxygens (including phenoxy) is 1. The molecule has 0 unspecified atom stereocenters. The third-order valence-corrected chi connectivity index (χ3v) is 1.88. The van der Waals surface area contributed by atoms with Crippen LogP contribution >= 0.6 is 0 Å². The van der Waals surface area contributed by atoms with Crippen molar-refractivity contribution in [3.05, 3.63) is 24.3 Å². The molecule has 0 spiro atoms. The number of alkyl halides is 3. The van der Waals surface area contributed by atoms with E-state index in [9.17, 15) is 16.2 Å². The molecule has 0 aliphatic heterocycles. The van der Waals surface area contributed by atoms with Crippen LogP contribution in [-0.4, -0.2) is 21.5 Å². The van der Waals surface area contributed by atoms with Crippen molar-refractivity contribution < 1.29 is 42.5 Å². The first-order valence-electron chi connectivity index (χ1n) is 4.08. The van der Waals surface area contributed by atoms with Gasteiger partial charge in [0.15, 0.2) is 0 Å². The molecule has 9 heteroatoms. The topological polar surface area (TPSA) is 39.4 Å². The van der Waals surface area contributed by atoms with Gasteiger partial charge in [-0.15, -0.1) is 0 Å². The maximum atomic E-state index is 12.5. The zero-order valence-electron chi connectivity index (χ0n) is 8.30. The first-order valence-corrected chi connectivity index (χ1v) is 4.64. The van der Waals surface area contributed by atoms with Crippen LogP contribution in [0.25, 0.3) is 5.65 Å². The maximum absolute atomic E-state index is 12.5. The molecule has 0 aliphatic rings. The van der Waals surface area contributed by atoms with Crippen LogP contribution in [-0.2, 0) is 27.8 Å². The molecule has 2 rings (SSSR count). The van der Waals surface area contributed by atoms with Gasteiger partial charge in [0.05, 0.1) is 13.3 Å². The molecule has 98 valence electrons. The average molecular weight is 344 g/mol. The van der Waals surface area contributed by atoms with E-state index in [4.69, 9.17) is 4.74 Å². The van der Waals surface area contributed by atoms with Crippen molar-refractivity contribution in [1.29, 1.82) is 0 Å². The average Bonchev–Trinajstić information content (AvgIpc) is 2.74. The quantitative estimate of drug-likeness (QED) is 0.588. The van der Waals surface area contributed by atoms with Crippen molar-refractivity contribution in [2.45, 2.75) is 6.18 Å². The van der Waals surface area contributed by atoms with Gasteiger partial charge in [0.2, 0.25) is 5.65 Å². The predicted molar refractivity (Wildman–Crippen MR) is 45.6 cm³/mol. The molecule has 0 saturated carbocycles. The summed E-state index contributed by atoms with van der Waals surface area (Å²) in [6.45, 7) is 0. The van der Waals surface area contributed by atoms with E-state index in [0.717, 1.165) is 10.6 Å². The van der Waals surface area contributed by atoms with Crippen LogP contribution in [0.2, 0.25) is 0 Å². The molecule has 2 heterocycles. The van der Waals surface area contributed by atoms with E-state index in [2.05, 4.69) is 9.97 Å². The molecule has 0 amide bonds. The molecule has 0 aromatic carbocycles. The number of nitrogens with zero attached hydrogens (tertiary/aromatic N) is 3.